The molecule has 5 nitrogen and oxygen atoms in total. The second-order valence-electron chi connectivity index (χ2n) is 6.46. The number of carbonyl (C=O) groups is 1. The van der Waals surface area contributed by atoms with Crippen molar-refractivity contribution >= 4 is 11.8 Å². The van der Waals surface area contributed by atoms with Gasteiger partial charge >= 0.3 is 6.09 Å². The largest absolute Gasteiger partial charge is 0.489 e. The number of carbonyl (C=O) groups excluding carboxylic acids is 1. The summed E-state index contributed by atoms with van der Waals surface area (Å²) in [6.07, 6.45) is 3.37. The van der Waals surface area contributed by atoms with Gasteiger partial charge in [0.15, 0.2) is 0 Å². The van der Waals surface area contributed by atoms with Gasteiger partial charge in [0.05, 0.1) is 0 Å². The number of likely N-dealkylation sites (tertiary alicyclic amines) is 1. The van der Waals surface area contributed by atoms with Gasteiger partial charge in [-0.25, -0.2) is 4.79 Å². The zero-order valence-electron chi connectivity index (χ0n) is 15.0. The molecule has 0 spiro atoms. The molecule has 0 aliphatic carbocycles. The van der Waals surface area contributed by atoms with Gasteiger partial charge in [-0.3, -0.25) is 10.2 Å². The summed E-state index contributed by atoms with van der Waals surface area (Å²) in [4.78, 5) is 14.2. The van der Waals surface area contributed by atoms with Crippen molar-refractivity contribution < 1.29 is 14.3 Å². The molecule has 138 valence electrons. The number of ether oxygens (including phenoxy) is 2. The molecule has 1 aliphatic rings. The first-order valence-electron chi connectivity index (χ1n) is 9.22. The van der Waals surface area contributed by atoms with Gasteiger partial charge in [0.1, 0.15) is 19.0 Å². The van der Waals surface area contributed by atoms with Crippen LogP contribution in [0, 0.1) is 0 Å². The molecule has 0 radical (unpaired) electrons. The van der Waals surface area contributed by atoms with E-state index in [2.05, 4.69) is 10.2 Å². The van der Waals surface area contributed by atoms with E-state index in [0.29, 0.717) is 18.9 Å². The van der Waals surface area contributed by atoms with Crippen LogP contribution < -0.4 is 10.1 Å². The lowest BCUT2D eigenvalue weighted by Crippen LogP contribution is -2.33. The Balaban J connectivity index is 1.37. The highest BCUT2D eigenvalue weighted by Gasteiger charge is 2.10. The maximum absolute atomic E-state index is 11.9. The average molecular weight is 354 g/mol. The molecule has 1 fully saturated rings. The van der Waals surface area contributed by atoms with Gasteiger partial charge in [0.2, 0.25) is 0 Å². The maximum atomic E-state index is 11.9. The third kappa shape index (κ3) is 6.08. The van der Waals surface area contributed by atoms with E-state index in [4.69, 9.17) is 9.47 Å². The summed E-state index contributed by atoms with van der Waals surface area (Å²) in [5.74, 6) is 0.762. The van der Waals surface area contributed by atoms with Gasteiger partial charge in [0.25, 0.3) is 0 Å². The Morgan fingerprint density at radius 1 is 0.962 bits per heavy atom. The number of anilines is 1. The van der Waals surface area contributed by atoms with Crippen LogP contribution in [0.5, 0.6) is 5.75 Å². The molecular weight excluding hydrogens is 328 g/mol. The van der Waals surface area contributed by atoms with Crippen LogP contribution in [0.2, 0.25) is 0 Å². The smallest absolute Gasteiger partial charge is 0.411 e. The molecule has 1 aliphatic heterocycles. The summed E-state index contributed by atoms with van der Waals surface area (Å²) in [6.45, 7) is 3.96. The van der Waals surface area contributed by atoms with Crippen molar-refractivity contribution in [2.24, 2.45) is 0 Å². The average Bonchev–Trinajstić information content (AvgIpc) is 2.69. The summed E-state index contributed by atoms with van der Waals surface area (Å²) < 4.78 is 11.0. The zero-order valence-corrected chi connectivity index (χ0v) is 15.0. The second-order valence-corrected chi connectivity index (χ2v) is 6.46. The van der Waals surface area contributed by atoms with E-state index >= 15 is 0 Å². The highest BCUT2D eigenvalue weighted by molar-refractivity contribution is 5.84. The summed E-state index contributed by atoms with van der Waals surface area (Å²) in [5.41, 5.74) is 1.81. The van der Waals surface area contributed by atoms with Gasteiger partial charge in [-0.1, -0.05) is 36.8 Å². The summed E-state index contributed by atoms with van der Waals surface area (Å²) in [7, 11) is 0. The van der Waals surface area contributed by atoms with Gasteiger partial charge in [0, 0.05) is 12.2 Å². The predicted octanol–water partition coefficient (Wildman–Crippen LogP) is 4.30. The van der Waals surface area contributed by atoms with Crippen LogP contribution in [0.1, 0.15) is 24.8 Å². The number of nitrogens with zero attached hydrogens (tertiary/aromatic N) is 1. The minimum absolute atomic E-state index is 0.417. The van der Waals surface area contributed by atoms with Crippen LogP contribution in [0.4, 0.5) is 10.5 Å². The molecule has 26 heavy (non-hydrogen) atoms. The molecule has 2 aromatic rings. The van der Waals surface area contributed by atoms with Crippen molar-refractivity contribution in [3.63, 3.8) is 0 Å². The van der Waals surface area contributed by atoms with Gasteiger partial charge in [-0.05, 0) is 55.8 Å². The number of amides is 1. The molecular formula is C21H26N2O3. The van der Waals surface area contributed by atoms with Crippen LogP contribution >= 0.6 is 0 Å². The van der Waals surface area contributed by atoms with Gasteiger partial charge in [-0.15, -0.1) is 0 Å². The van der Waals surface area contributed by atoms with E-state index in [-0.39, 0.29) is 0 Å². The molecule has 2 aromatic carbocycles. The minimum Gasteiger partial charge on any atom is -0.489 e. The molecule has 0 atom stereocenters. The van der Waals surface area contributed by atoms with Crippen molar-refractivity contribution in [3.8, 4) is 5.75 Å². The fourth-order valence-corrected chi connectivity index (χ4v) is 2.98. The highest BCUT2D eigenvalue weighted by Crippen LogP contribution is 2.17. The standard InChI is InChI=1S/C21H26N2O3/c24-21(25-16-15-23-13-5-2-6-14-23)22-19-9-11-20(12-10-19)26-17-18-7-3-1-4-8-18/h1,3-4,7-12H,2,5-6,13-17H2,(H,22,24). The second kappa shape index (κ2) is 9.82. The number of rotatable bonds is 7. The van der Waals surface area contributed by atoms with E-state index in [1.807, 2.05) is 54.6 Å². The molecule has 1 amide bonds. The first-order valence-corrected chi connectivity index (χ1v) is 9.22. The zero-order chi connectivity index (χ0) is 18.0. The van der Waals surface area contributed by atoms with Crippen molar-refractivity contribution in [2.75, 3.05) is 31.6 Å². The normalized spacial score (nSPS) is 14.6. The molecule has 3 rings (SSSR count). The van der Waals surface area contributed by atoms with Crippen LogP contribution in [0.15, 0.2) is 54.6 Å². The SMILES string of the molecule is O=C(Nc1ccc(OCc2ccccc2)cc1)OCCN1CCCCC1. The highest BCUT2D eigenvalue weighted by atomic mass is 16.5. The molecule has 0 aromatic heterocycles. The Hall–Kier alpha value is -2.53. The van der Waals surface area contributed by atoms with E-state index in [1.165, 1.54) is 19.3 Å². The molecule has 5 heteroatoms. The van der Waals surface area contributed by atoms with Crippen LogP contribution in [0.3, 0.4) is 0 Å². The fraction of sp³-hybridized carbons (Fsp3) is 0.381. The van der Waals surface area contributed by atoms with E-state index < -0.39 is 6.09 Å². The van der Waals surface area contributed by atoms with Gasteiger partial charge in [-0.2, -0.15) is 0 Å². The first-order chi connectivity index (χ1) is 12.8. The first kappa shape index (κ1) is 18.3. The lowest BCUT2D eigenvalue weighted by molar-refractivity contribution is 0.131. The van der Waals surface area contributed by atoms with Gasteiger partial charge < -0.3 is 9.47 Å². The van der Waals surface area contributed by atoms with Crippen molar-refractivity contribution in [1.29, 1.82) is 0 Å². The monoisotopic (exact) mass is 354 g/mol. The summed E-state index contributed by atoms with van der Waals surface area (Å²) in [5, 5.41) is 2.75. The number of piperidine rings is 1. The van der Waals surface area contributed by atoms with E-state index in [9.17, 15) is 4.79 Å². The Bertz CT molecular complexity index is 667. The molecule has 0 saturated carbocycles. The number of hydrogen-bond donors (Lipinski definition) is 1. The van der Waals surface area contributed by atoms with Crippen molar-refractivity contribution in [3.05, 3.63) is 60.2 Å². The van der Waals surface area contributed by atoms with Crippen LogP contribution in [-0.2, 0) is 11.3 Å². The van der Waals surface area contributed by atoms with Crippen LogP contribution in [-0.4, -0.2) is 37.2 Å². The number of benzene rings is 2. The quantitative estimate of drug-likeness (QED) is 0.805. The van der Waals surface area contributed by atoms with Crippen LogP contribution in [0.25, 0.3) is 0 Å². The summed E-state index contributed by atoms with van der Waals surface area (Å²) >= 11 is 0. The predicted molar refractivity (Wildman–Crippen MR) is 102 cm³/mol. The Morgan fingerprint density at radius 2 is 1.69 bits per heavy atom. The number of nitrogens with one attached hydrogen (secondary N) is 1. The number of hydrogen-bond acceptors (Lipinski definition) is 4. The Kier molecular flexibility index (Phi) is 6.90. The van der Waals surface area contributed by atoms with Crippen molar-refractivity contribution in [2.45, 2.75) is 25.9 Å². The molecule has 1 N–H and O–H groups in total. The maximum Gasteiger partial charge on any atom is 0.411 e. The third-order valence-electron chi connectivity index (χ3n) is 4.44. The lowest BCUT2D eigenvalue weighted by atomic mass is 10.1. The third-order valence-corrected chi connectivity index (χ3v) is 4.44. The Labute approximate surface area is 154 Å². The molecule has 0 bridgehead atoms. The molecule has 0 unspecified atom stereocenters. The molecule has 1 heterocycles. The van der Waals surface area contributed by atoms with E-state index in [0.717, 1.165) is 30.9 Å². The fourth-order valence-electron chi connectivity index (χ4n) is 2.98. The van der Waals surface area contributed by atoms with E-state index in [1.54, 1.807) is 0 Å². The molecule has 1 saturated heterocycles. The summed E-state index contributed by atoms with van der Waals surface area (Å²) in [6, 6.07) is 17.3. The lowest BCUT2D eigenvalue weighted by Gasteiger charge is -2.25. The topological polar surface area (TPSA) is 50.8 Å². The van der Waals surface area contributed by atoms with Crippen molar-refractivity contribution in [1.82, 2.24) is 4.90 Å². The minimum atomic E-state index is -0.417. The Morgan fingerprint density at radius 3 is 2.42 bits per heavy atom.